The second-order valence-electron chi connectivity index (χ2n) is 5.46. The Hall–Kier alpha value is -1.62. The highest BCUT2D eigenvalue weighted by molar-refractivity contribution is 5.55. The number of hydrogen-bond acceptors (Lipinski definition) is 4. The number of benzene rings is 1. The third-order valence-electron chi connectivity index (χ3n) is 4.05. The van der Waals surface area contributed by atoms with Gasteiger partial charge in [0.15, 0.2) is 0 Å². The molecule has 2 unspecified atom stereocenters. The van der Waals surface area contributed by atoms with Crippen LogP contribution in [0.5, 0.6) is 0 Å². The van der Waals surface area contributed by atoms with Crippen molar-refractivity contribution in [2.24, 2.45) is 5.92 Å². The van der Waals surface area contributed by atoms with Gasteiger partial charge in [0.05, 0.1) is 17.6 Å². The van der Waals surface area contributed by atoms with Crippen molar-refractivity contribution in [3.8, 4) is 0 Å². The number of nitro groups is 1. The topological polar surface area (TPSA) is 64.4 Å². The summed E-state index contributed by atoms with van der Waals surface area (Å²) in [5.74, 6) is 0.570. The first-order valence-electron chi connectivity index (χ1n) is 7.18. The van der Waals surface area contributed by atoms with Gasteiger partial charge in [-0.15, -0.1) is 0 Å². The molecule has 20 heavy (non-hydrogen) atoms. The van der Waals surface area contributed by atoms with E-state index in [1.165, 1.54) is 25.3 Å². The summed E-state index contributed by atoms with van der Waals surface area (Å²) < 4.78 is 6.00. The highest BCUT2D eigenvalue weighted by atomic mass is 16.6. The number of ether oxygens (including phenoxy) is 1. The molecule has 0 heterocycles. The van der Waals surface area contributed by atoms with E-state index in [4.69, 9.17) is 4.74 Å². The Morgan fingerprint density at radius 2 is 2.15 bits per heavy atom. The minimum absolute atomic E-state index is 0.110. The summed E-state index contributed by atoms with van der Waals surface area (Å²) in [6.45, 7) is 2.64. The molecule has 5 heteroatoms. The first-order chi connectivity index (χ1) is 9.61. The maximum atomic E-state index is 10.9. The van der Waals surface area contributed by atoms with Crippen LogP contribution < -0.4 is 5.32 Å². The molecule has 1 aromatic carbocycles. The maximum absolute atomic E-state index is 10.9. The second kappa shape index (κ2) is 6.70. The molecule has 2 atom stereocenters. The second-order valence-corrected chi connectivity index (χ2v) is 5.46. The number of nitrogens with zero attached hydrogens (tertiary/aromatic N) is 1. The van der Waals surface area contributed by atoms with Crippen molar-refractivity contribution in [3.63, 3.8) is 0 Å². The Bertz CT molecular complexity index is 476. The Morgan fingerprint density at radius 1 is 1.40 bits per heavy atom. The average Bonchev–Trinajstić information content (AvgIpc) is 2.46. The van der Waals surface area contributed by atoms with Gasteiger partial charge in [-0.05, 0) is 24.8 Å². The number of non-ortho nitro benzene ring substituents is 1. The lowest BCUT2D eigenvalue weighted by molar-refractivity contribution is -0.384. The Labute approximate surface area is 119 Å². The summed E-state index contributed by atoms with van der Waals surface area (Å²) in [5.41, 5.74) is 1.85. The molecule has 0 bridgehead atoms. The van der Waals surface area contributed by atoms with Crippen LogP contribution in [-0.2, 0) is 11.3 Å². The van der Waals surface area contributed by atoms with Crippen molar-refractivity contribution in [1.82, 2.24) is 0 Å². The largest absolute Gasteiger partial charge is 0.388 e. The molecule has 1 aliphatic rings. The van der Waals surface area contributed by atoms with E-state index in [1.54, 1.807) is 12.1 Å². The summed E-state index contributed by atoms with van der Waals surface area (Å²) in [6, 6.07) is 4.85. The molecule has 0 aromatic heterocycles. The third-order valence-corrected chi connectivity index (χ3v) is 4.05. The predicted molar refractivity (Wildman–Crippen MR) is 78.9 cm³/mol. The molecule has 2 rings (SSSR count). The quantitative estimate of drug-likeness (QED) is 0.658. The van der Waals surface area contributed by atoms with Crippen molar-refractivity contribution in [2.75, 3.05) is 12.4 Å². The van der Waals surface area contributed by atoms with E-state index in [0.717, 1.165) is 17.7 Å². The van der Waals surface area contributed by atoms with Crippen molar-refractivity contribution in [3.05, 3.63) is 33.9 Å². The summed E-state index contributed by atoms with van der Waals surface area (Å²) in [5, 5.41) is 13.9. The summed E-state index contributed by atoms with van der Waals surface area (Å²) in [4.78, 5) is 10.5. The van der Waals surface area contributed by atoms with Gasteiger partial charge >= 0.3 is 0 Å². The van der Waals surface area contributed by atoms with Crippen molar-refractivity contribution in [1.29, 1.82) is 0 Å². The number of nitrogens with one attached hydrogen (secondary N) is 1. The van der Waals surface area contributed by atoms with Crippen LogP contribution in [0.4, 0.5) is 11.4 Å². The molecule has 1 aromatic rings. The molecule has 1 fully saturated rings. The normalized spacial score (nSPS) is 22.5. The van der Waals surface area contributed by atoms with Crippen LogP contribution >= 0.6 is 0 Å². The molecular weight excluding hydrogens is 256 g/mol. The standard InChI is InChI=1S/C15H22N2O3/c1-11-5-3-4-6-15(11)20-10-12-9-13(17(18)19)7-8-14(12)16-2/h7-9,11,15-16H,3-6,10H2,1-2H3. The third kappa shape index (κ3) is 3.48. The first kappa shape index (κ1) is 14.8. The van der Waals surface area contributed by atoms with E-state index in [2.05, 4.69) is 12.2 Å². The summed E-state index contributed by atoms with van der Waals surface area (Å²) in [6.07, 6.45) is 5.05. The molecule has 0 saturated heterocycles. The van der Waals surface area contributed by atoms with E-state index >= 15 is 0 Å². The minimum Gasteiger partial charge on any atom is -0.388 e. The van der Waals surface area contributed by atoms with E-state index < -0.39 is 0 Å². The van der Waals surface area contributed by atoms with E-state index in [1.807, 2.05) is 7.05 Å². The molecule has 1 saturated carbocycles. The van der Waals surface area contributed by atoms with Crippen molar-refractivity contribution in [2.45, 2.75) is 45.3 Å². The molecule has 1 aliphatic carbocycles. The Morgan fingerprint density at radius 3 is 2.80 bits per heavy atom. The molecule has 0 radical (unpaired) electrons. The Kier molecular flexibility index (Phi) is 4.95. The van der Waals surface area contributed by atoms with E-state index in [-0.39, 0.29) is 16.7 Å². The smallest absolute Gasteiger partial charge is 0.269 e. The lowest BCUT2D eigenvalue weighted by atomic mass is 9.88. The van der Waals surface area contributed by atoms with Gasteiger partial charge in [-0.25, -0.2) is 0 Å². The zero-order valence-electron chi connectivity index (χ0n) is 12.1. The van der Waals surface area contributed by atoms with Crippen LogP contribution in [0.1, 0.15) is 38.2 Å². The average molecular weight is 278 g/mol. The fourth-order valence-electron chi connectivity index (χ4n) is 2.78. The van der Waals surface area contributed by atoms with E-state index in [9.17, 15) is 10.1 Å². The highest BCUT2D eigenvalue weighted by Gasteiger charge is 2.22. The van der Waals surface area contributed by atoms with Gasteiger partial charge in [0, 0.05) is 30.4 Å². The lowest BCUT2D eigenvalue weighted by Gasteiger charge is -2.29. The first-order valence-corrected chi connectivity index (χ1v) is 7.18. The zero-order chi connectivity index (χ0) is 14.5. The fourth-order valence-corrected chi connectivity index (χ4v) is 2.78. The van der Waals surface area contributed by atoms with Gasteiger partial charge in [0.2, 0.25) is 0 Å². The van der Waals surface area contributed by atoms with Crippen LogP contribution in [0.2, 0.25) is 0 Å². The number of nitro benzene ring substituents is 1. The van der Waals surface area contributed by atoms with Gasteiger partial charge in [0.1, 0.15) is 0 Å². The van der Waals surface area contributed by atoms with Gasteiger partial charge < -0.3 is 10.1 Å². The zero-order valence-corrected chi connectivity index (χ0v) is 12.1. The van der Waals surface area contributed by atoms with Crippen LogP contribution in [-0.4, -0.2) is 18.1 Å². The minimum atomic E-state index is -0.369. The summed E-state index contributed by atoms with van der Waals surface area (Å²) >= 11 is 0. The Balaban J connectivity index is 2.07. The van der Waals surface area contributed by atoms with Gasteiger partial charge in [-0.1, -0.05) is 19.8 Å². The maximum Gasteiger partial charge on any atom is 0.269 e. The fraction of sp³-hybridized carbons (Fsp3) is 0.600. The highest BCUT2D eigenvalue weighted by Crippen LogP contribution is 2.29. The van der Waals surface area contributed by atoms with Crippen LogP contribution in [0.25, 0.3) is 0 Å². The van der Waals surface area contributed by atoms with Gasteiger partial charge in [0.25, 0.3) is 5.69 Å². The summed E-state index contributed by atoms with van der Waals surface area (Å²) in [7, 11) is 1.81. The molecule has 5 nitrogen and oxygen atoms in total. The van der Waals surface area contributed by atoms with Crippen LogP contribution in [0.15, 0.2) is 18.2 Å². The SMILES string of the molecule is CNc1ccc([N+](=O)[O-])cc1COC1CCCCC1C. The van der Waals surface area contributed by atoms with Gasteiger partial charge in [-0.3, -0.25) is 10.1 Å². The molecule has 1 N–H and O–H groups in total. The van der Waals surface area contributed by atoms with E-state index in [0.29, 0.717) is 12.5 Å². The molecule has 110 valence electrons. The molecule has 0 amide bonds. The van der Waals surface area contributed by atoms with Crippen LogP contribution in [0, 0.1) is 16.0 Å². The van der Waals surface area contributed by atoms with Crippen LogP contribution in [0.3, 0.4) is 0 Å². The number of hydrogen-bond donors (Lipinski definition) is 1. The lowest BCUT2D eigenvalue weighted by Crippen LogP contribution is -2.25. The monoisotopic (exact) mass is 278 g/mol. The molecular formula is C15H22N2O3. The van der Waals surface area contributed by atoms with Crippen molar-refractivity contribution >= 4 is 11.4 Å². The molecule has 0 spiro atoms. The van der Waals surface area contributed by atoms with Gasteiger partial charge in [-0.2, -0.15) is 0 Å². The number of anilines is 1. The molecule has 0 aliphatic heterocycles. The van der Waals surface area contributed by atoms with Crippen molar-refractivity contribution < 1.29 is 9.66 Å². The predicted octanol–water partition coefficient (Wildman–Crippen LogP) is 3.73. The number of rotatable bonds is 5.